The standard InChI is InChI=1S/C6H12N4O/c7-6(8)10-9-3-5-1-2-11-4-5/h3,5H,1-2,4H2,(H4,7,8,10)/b9-3+. The smallest absolute Gasteiger partial charge is 0.211 e. The molecule has 1 fully saturated rings. The second-order valence-corrected chi connectivity index (χ2v) is 2.41. The lowest BCUT2D eigenvalue weighted by atomic mass is 10.1. The van der Waals surface area contributed by atoms with Crippen molar-refractivity contribution in [1.29, 1.82) is 0 Å². The van der Waals surface area contributed by atoms with E-state index in [9.17, 15) is 0 Å². The summed E-state index contributed by atoms with van der Waals surface area (Å²) in [5.41, 5.74) is 10.1. The first kappa shape index (κ1) is 8.00. The molecule has 1 aliphatic heterocycles. The van der Waals surface area contributed by atoms with Crippen molar-refractivity contribution < 1.29 is 4.74 Å². The van der Waals surface area contributed by atoms with Gasteiger partial charge in [-0.15, -0.1) is 5.10 Å². The number of ether oxygens (including phenoxy) is 1. The van der Waals surface area contributed by atoms with Crippen LogP contribution in [0.15, 0.2) is 10.2 Å². The average Bonchev–Trinajstić information content (AvgIpc) is 2.39. The fourth-order valence-corrected chi connectivity index (χ4v) is 0.865. The van der Waals surface area contributed by atoms with E-state index >= 15 is 0 Å². The van der Waals surface area contributed by atoms with E-state index in [0.717, 1.165) is 19.6 Å². The normalized spacial score (nSPS) is 24.2. The summed E-state index contributed by atoms with van der Waals surface area (Å²) >= 11 is 0. The molecule has 5 nitrogen and oxygen atoms in total. The van der Waals surface area contributed by atoms with Gasteiger partial charge >= 0.3 is 0 Å². The third kappa shape index (κ3) is 2.99. The Bertz CT molecular complexity index is 167. The minimum absolute atomic E-state index is 0.0137. The lowest BCUT2D eigenvalue weighted by Crippen LogP contribution is -2.21. The van der Waals surface area contributed by atoms with Crippen LogP contribution in [0.3, 0.4) is 0 Å². The maximum atomic E-state index is 5.11. The highest BCUT2D eigenvalue weighted by Crippen LogP contribution is 2.08. The summed E-state index contributed by atoms with van der Waals surface area (Å²) in [4.78, 5) is 0. The molecule has 1 unspecified atom stereocenters. The zero-order valence-electron chi connectivity index (χ0n) is 6.23. The van der Waals surface area contributed by atoms with Crippen molar-refractivity contribution in [3.63, 3.8) is 0 Å². The number of hydrogen-bond acceptors (Lipinski definition) is 3. The van der Waals surface area contributed by atoms with Crippen LogP contribution in [0, 0.1) is 5.92 Å². The zero-order chi connectivity index (χ0) is 8.10. The Morgan fingerprint density at radius 3 is 2.91 bits per heavy atom. The van der Waals surface area contributed by atoms with E-state index in [0.29, 0.717) is 5.92 Å². The molecule has 0 spiro atoms. The first-order valence-electron chi connectivity index (χ1n) is 3.49. The Kier molecular flexibility index (Phi) is 2.85. The van der Waals surface area contributed by atoms with Gasteiger partial charge in [-0.2, -0.15) is 5.10 Å². The van der Waals surface area contributed by atoms with Crippen LogP contribution >= 0.6 is 0 Å². The summed E-state index contributed by atoms with van der Waals surface area (Å²) in [5.74, 6) is 0.360. The van der Waals surface area contributed by atoms with E-state index in [1.54, 1.807) is 6.21 Å². The number of guanidine groups is 1. The SMILES string of the molecule is NC(N)=N/N=C/C1CCOC1. The molecule has 0 bridgehead atoms. The van der Waals surface area contributed by atoms with Crippen molar-refractivity contribution in [3.05, 3.63) is 0 Å². The van der Waals surface area contributed by atoms with Crippen LogP contribution in [0.2, 0.25) is 0 Å². The maximum absolute atomic E-state index is 5.11. The Balaban J connectivity index is 2.28. The van der Waals surface area contributed by atoms with E-state index in [1.807, 2.05) is 0 Å². The predicted molar refractivity (Wildman–Crippen MR) is 43.2 cm³/mol. The van der Waals surface area contributed by atoms with E-state index in [2.05, 4.69) is 10.2 Å². The molecule has 1 rings (SSSR count). The predicted octanol–water partition coefficient (Wildman–Crippen LogP) is -0.718. The van der Waals surface area contributed by atoms with Crippen molar-refractivity contribution in [3.8, 4) is 0 Å². The molecule has 1 atom stereocenters. The summed E-state index contributed by atoms with van der Waals surface area (Å²) in [6, 6.07) is 0. The van der Waals surface area contributed by atoms with Crippen molar-refractivity contribution in [2.24, 2.45) is 27.6 Å². The van der Waals surface area contributed by atoms with Gasteiger partial charge < -0.3 is 16.2 Å². The quantitative estimate of drug-likeness (QED) is 0.314. The van der Waals surface area contributed by atoms with Crippen LogP contribution in [0.5, 0.6) is 0 Å². The molecule has 11 heavy (non-hydrogen) atoms. The molecular weight excluding hydrogens is 144 g/mol. The monoisotopic (exact) mass is 156 g/mol. The van der Waals surface area contributed by atoms with Crippen molar-refractivity contribution >= 4 is 12.2 Å². The second kappa shape index (κ2) is 3.92. The summed E-state index contributed by atoms with van der Waals surface area (Å²) in [7, 11) is 0. The fourth-order valence-electron chi connectivity index (χ4n) is 0.865. The Morgan fingerprint density at radius 2 is 2.36 bits per heavy atom. The number of nitrogens with two attached hydrogens (primary N) is 2. The topological polar surface area (TPSA) is 86.0 Å². The van der Waals surface area contributed by atoms with Gasteiger partial charge in [0.25, 0.3) is 0 Å². The molecule has 1 saturated heterocycles. The Morgan fingerprint density at radius 1 is 1.55 bits per heavy atom. The highest BCUT2D eigenvalue weighted by atomic mass is 16.5. The van der Waals surface area contributed by atoms with Gasteiger partial charge in [0.05, 0.1) is 6.61 Å². The van der Waals surface area contributed by atoms with Crippen molar-refractivity contribution in [1.82, 2.24) is 0 Å². The number of nitrogens with zero attached hydrogens (tertiary/aromatic N) is 2. The van der Waals surface area contributed by atoms with Gasteiger partial charge in [-0.25, -0.2) is 0 Å². The highest BCUT2D eigenvalue weighted by molar-refractivity contribution is 5.76. The fraction of sp³-hybridized carbons (Fsp3) is 0.667. The van der Waals surface area contributed by atoms with Crippen LogP contribution in [-0.4, -0.2) is 25.4 Å². The molecule has 4 N–H and O–H groups in total. The van der Waals surface area contributed by atoms with E-state index in [1.165, 1.54) is 0 Å². The van der Waals surface area contributed by atoms with Crippen molar-refractivity contribution in [2.75, 3.05) is 13.2 Å². The third-order valence-electron chi connectivity index (χ3n) is 1.42. The Labute approximate surface area is 65.1 Å². The molecule has 1 heterocycles. The van der Waals surface area contributed by atoms with Gasteiger partial charge in [-0.05, 0) is 6.42 Å². The van der Waals surface area contributed by atoms with Gasteiger partial charge in [-0.3, -0.25) is 0 Å². The van der Waals surface area contributed by atoms with Crippen molar-refractivity contribution in [2.45, 2.75) is 6.42 Å². The molecule has 0 amide bonds. The van der Waals surface area contributed by atoms with Crippen LogP contribution in [0.4, 0.5) is 0 Å². The molecule has 0 radical (unpaired) electrons. The maximum Gasteiger partial charge on any atom is 0.211 e. The lowest BCUT2D eigenvalue weighted by molar-refractivity contribution is 0.193. The zero-order valence-corrected chi connectivity index (χ0v) is 6.23. The summed E-state index contributed by atoms with van der Waals surface area (Å²) in [6.07, 6.45) is 2.72. The van der Waals surface area contributed by atoms with Crippen LogP contribution < -0.4 is 11.5 Å². The Hall–Kier alpha value is -1.10. The molecular formula is C6H12N4O. The van der Waals surface area contributed by atoms with E-state index in [-0.39, 0.29) is 5.96 Å². The average molecular weight is 156 g/mol. The van der Waals surface area contributed by atoms with Gasteiger partial charge in [0.1, 0.15) is 0 Å². The first-order chi connectivity index (χ1) is 5.29. The third-order valence-corrected chi connectivity index (χ3v) is 1.42. The second-order valence-electron chi connectivity index (χ2n) is 2.41. The van der Waals surface area contributed by atoms with Gasteiger partial charge in [0.2, 0.25) is 5.96 Å². The summed E-state index contributed by atoms with van der Waals surface area (Å²) in [6.45, 7) is 1.53. The number of rotatable bonds is 2. The van der Waals surface area contributed by atoms with Crippen LogP contribution in [0.1, 0.15) is 6.42 Å². The van der Waals surface area contributed by atoms with Gasteiger partial charge in [0, 0.05) is 18.7 Å². The van der Waals surface area contributed by atoms with Gasteiger partial charge in [-0.1, -0.05) is 0 Å². The minimum atomic E-state index is -0.0137. The first-order valence-corrected chi connectivity index (χ1v) is 3.49. The molecule has 0 saturated carbocycles. The molecule has 62 valence electrons. The molecule has 0 aliphatic carbocycles. The summed E-state index contributed by atoms with van der Waals surface area (Å²) in [5, 5.41) is 7.16. The van der Waals surface area contributed by atoms with E-state index < -0.39 is 0 Å². The van der Waals surface area contributed by atoms with Crippen LogP contribution in [-0.2, 0) is 4.74 Å². The largest absolute Gasteiger partial charge is 0.381 e. The minimum Gasteiger partial charge on any atom is -0.381 e. The lowest BCUT2D eigenvalue weighted by Gasteiger charge is -1.93. The summed E-state index contributed by atoms with van der Waals surface area (Å²) < 4.78 is 5.11. The highest BCUT2D eigenvalue weighted by Gasteiger charge is 2.12. The molecule has 0 aromatic rings. The van der Waals surface area contributed by atoms with Crippen LogP contribution in [0.25, 0.3) is 0 Å². The van der Waals surface area contributed by atoms with Gasteiger partial charge in [0.15, 0.2) is 0 Å². The number of hydrogen-bond donors (Lipinski definition) is 2. The molecule has 0 aromatic heterocycles. The molecule has 0 aromatic carbocycles. The molecule has 1 aliphatic rings. The van der Waals surface area contributed by atoms with E-state index in [4.69, 9.17) is 16.2 Å². The molecule has 5 heteroatoms.